The van der Waals surface area contributed by atoms with Crippen LogP contribution in [0.2, 0.25) is 0 Å². The first-order valence-electron chi connectivity index (χ1n) is 33.4. The van der Waals surface area contributed by atoms with E-state index in [1.54, 1.807) is 0 Å². The number of hydrogen-bond donors (Lipinski definition) is 3. The van der Waals surface area contributed by atoms with Gasteiger partial charge in [0.1, 0.15) is 0 Å². The second-order valence-corrected chi connectivity index (χ2v) is 23.2. The van der Waals surface area contributed by atoms with Crippen LogP contribution in [0.5, 0.6) is 0 Å². The normalized spacial score (nSPS) is 12.5. The summed E-state index contributed by atoms with van der Waals surface area (Å²) in [7, 11) is 0. The molecule has 0 saturated carbocycles. The number of aliphatic hydroxyl groups excluding tert-OH is 2. The molecular weight excluding hydrogens is 899 g/mol. The lowest BCUT2D eigenvalue weighted by Crippen LogP contribution is -2.45. The maximum absolute atomic E-state index is 12.5. The van der Waals surface area contributed by atoms with E-state index in [1.807, 2.05) is 0 Å². The number of allylic oxidation sites excluding steroid dienone is 2. The highest BCUT2D eigenvalue weighted by Crippen LogP contribution is 2.19. The average molecular weight is 1030 g/mol. The molecule has 0 aromatic heterocycles. The molecule has 0 bridgehead atoms. The third-order valence-corrected chi connectivity index (χ3v) is 15.8. The van der Waals surface area contributed by atoms with E-state index in [4.69, 9.17) is 4.74 Å². The standard InChI is InChI=1S/C67H131NO5/c1-3-5-7-9-11-13-15-17-19-32-35-39-43-47-51-55-59-65(70)64(63-69)68-66(71)60-56-52-48-44-40-36-33-29-27-25-23-21-20-22-24-26-28-30-34-38-42-46-50-54-58-62-73-67(72)61-57-53-49-45-41-37-31-18-16-14-12-10-8-6-4-2/h18,31,64-65,69-70H,3-17,19-30,32-63H2,1-2H3,(H,68,71)/b31-18-. The van der Waals surface area contributed by atoms with Crippen molar-refractivity contribution in [1.82, 2.24) is 5.32 Å². The number of aliphatic hydroxyl groups is 2. The Hall–Kier alpha value is -1.40. The van der Waals surface area contributed by atoms with Crippen molar-refractivity contribution in [1.29, 1.82) is 0 Å². The van der Waals surface area contributed by atoms with Crippen LogP contribution < -0.4 is 5.32 Å². The van der Waals surface area contributed by atoms with Crippen molar-refractivity contribution in [2.45, 2.75) is 392 Å². The van der Waals surface area contributed by atoms with E-state index < -0.39 is 12.1 Å². The predicted octanol–water partition coefficient (Wildman–Crippen LogP) is 21.2. The number of esters is 1. The second-order valence-electron chi connectivity index (χ2n) is 23.2. The molecule has 2 atom stereocenters. The van der Waals surface area contributed by atoms with Gasteiger partial charge < -0.3 is 20.3 Å². The van der Waals surface area contributed by atoms with Crippen LogP contribution in [0, 0.1) is 0 Å². The minimum absolute atomic E-state index is 0.00936. The molecule has 434 valence electrons. The van der Waals surface area contributed by atoms with Gasteiger partial charge in [-0.05, 0) is 51.4 Å². The monoisotopic (exact) mass is 1030 g/mol. The third-order valence-electron chi connectivity index (χ3n) is 15.8. The van der Waals surface area contributed by atoms with E-state index in [0.29, 0.717) is 25.9 Å². The van der Waals surface area contributed by atoms with Crippen molar-refractivity contribution < 1.29 is 24.5 Å². The molecule has 0 spiro atoms. The summed E-state index contributed by atoms with van der Waals surface area (Å²) in [4.78, 5) is 24.6. The smallest absolute Gasteiger partial charge is 0.305 e. The Morgan fingerprint density at radius 2 is 0.644 bits per heavy atom. The molecule has 0 fully saturated rings. The summed E-state index contributed by atoms with van der Waals surface area (Å²) in [6, 6.07) is -0.539. The zero-order chi connectivity index (χ0) is 52.9. The number of nitrogens with one attached hydrogen (secondary N) is 1. The van der Waals surface area contributed by atoms with Gasteiger partial charge in [0.2, 0.25) is 5.91 Å². The molecule has 6 nitrogen and oxygen atoms in total. The minimum atomic E-state index is -0.662. The van der Waals surface area contributed by atoms with Gasteiger partial charge in [0, 0.05) is 12.8 Å². The van der Waals surface area contributed by atoms with Crippen LogP contribution in [0.3, 0.4) is 0 Å². The van der Waals surface area contributed by atoms with Crippen molar-refractivity contribution >= 4 is 11.9 Å². The predicted molar refractivity (Wildman–Crippen MR) is 320 cm³/mol. The third kappa shape index (κ3) is 59.7. The quantitative estimate of drug-likeness (QED) is 0.0320. The number of unbranched alkanes of at least 4 members (excludes halogenated alkanes) is 50. The van der Waals surface area contributed by atoms with Gasteiger partial charge in [0.05, 0.1) is 25.4 Å². The fourth-order valence-electron chi connectivity index (χ4n) is 10.7. The molecule has 0 aliphatic heterocycles. The van der Waals surface area contributed by atoms with Gasteiger partial charge in [-0.3, -0.25) is 9.59 Å². The Labute approximate surface area is 457 Å². The van der Waals surface area contributed by atoms with Gasteiger partial charge in [0.25, 0.3) is 0 Å². The van der Waals surface area contributed by atoms with Gasteiger partial charge in [-0.1, -0.05) is 328 Å². The van der Waals surface area contributed by atoms with Gasteiger partial charge >= 0.3 is 5.97 Å². The first-order chi connectivity index (χ1) is 36.0. The minimum Gasteiger partial charge on any atom is -0.466 e. The van der Waals surface area contributed by atoms with Crippen molar-refractivity contribution in [2.75, 3.05) is 13.2 Å². The second kappa shape index (κ2) is 63.1. The lowest BCUT2D eigenvalue weighted by atomic mass is 10.0. The Kier molecular flexibility index (Phi) is 61.9. The van der Waals surface area contributed by atoms with Crippen LogP contribution in [-0.4, -0.2) is 47.4 Å². The summed E-state index contributed by atoms with van der Waals surface area (Å²) in [6.07, 6.45) is 76.7. The molecular formula is C67H131NO5. The van der Waals surface area contributed by atoms with Crippen LogP contribution in [0.4, 0.5) is 0 Å². The Balaban J connectivity index is 3.35. The lowest BCUT2D eigenvalue weighted by molar-refractivity contribution is -0.143. The zero-order valence-electron chi connectivity index (χ0n) is 49.6. The highest BCUT2D eigenvalue weighted by atomic mass is 16.5. The molecule has 0 aliphatic rings. The van der Waals surface area contributed by atoms with Crippen molar-refractivity contribution in [3.63, 3.8) is 0 Å². The van der Waals surface area contributed by atoms with Crippen LogP contribution in [0.25, 0.3) is 0 Å². The fourth-order valence-corrected chi connectivity index (χ4v) is 10.7. The van der Waals surface area contributed by atoms with Gasteiger partial charge in [-0.15, -0.1) is 0 Å². The highest BCUT2D eigenvalue weighted by Gasteiger charge is 2.20. The van der Waals surface area contributed by atoms with Crippen molar-refractivity contribution in [3.05, 3.63) is 12.2 Å². The molecule has 0 rings (SSSR count). The fraction of sp³-hybridized carbons (Fsp3) is 0.940. The van der Waals surface area contributed by atoms with E-state index in [1.165, 1.54) is 302 Å². The Bertz CT molecular complexity index is 1100. The molecule has 0 aromatic carbocycles. The Morgan fingerprint density at radius 1 is 0.370 bits per heavy atom. The maximum Gasteiger partial charge on any atom is 0.305 e. The van der Waals surface area contributed by atoms with Crippen LogP contribution in [0.1, 0.15) is 380 Å². The molecule has 6 heteroatoms. The van der Waals surface area contributed by atoms with E-state index in [2.05, 4.69) is 31.3 Å². The number of rotatable bonds is 63. The molecule has 0 radical (unpaired) electrons. The van der Waals surface area contributed by atoms with E-state index in [0.717, 1.165) is 44.9 Å². The van der Waals surface area contributed by atoms with Crippen LogP contribution >= 0.6 is 0 Å². The zero-order valence-corrected chi connectivity index (χ0v) is 49.6. The molecule has 73 heavy (non-hydrogen) atoms. The number of ether oxygens (including phenoxy) is 1. The molecule has 1 amide bonds. The first kappa shape index (κ1) is 71.6. The summed E-state index contributed by atoms with van der Waals surface area (Å²) in [5, 5.41) is 23.3. The molecule has 2 unspecified atom stereocenters. The highest BCUT2D eigenvalue weighted by molar-refractivity contribution is 5.76. The topological polar surface area (TPSA) is 95.9 Å². The maximum atomic E-state index is 12.5. The summed E-state index contributed by atoms with van der Waals surface area (Å²) < 4.78 is 5.49. The first-order valence-corrected chi connectivity index (χ1v) is 33.4. The molecule has 3 N–H and O–H groups in total. The summed E-state index contributed by atoms with van der Waals surface area (Å²) in [5.74, 6) is -0.0206. The number of hydrogen-bond acceptors (Lipinski definition) is 5. The van der Waals surface area contributed by atoms with E-state index >= 15 is 0 Å². The molecule has 0 aromatic rings. The lowest BCUT2D eigenvalue weighted by Gasteiger charge is -2.22. The van der Waals surface area contributed by atoms with Gasteiger partial charge in [0.15, 0.2) is 0 Å². The van der Waals surface area contributed by atoms with Gasteiger partial charge in [-0.2, -0.15) is 0 Å². The molecule has 0 heterocycles. The molecule has 0 saturated heterocycles. The number of carbonyl (C=O) groups is 2. The van der Waals surface area contributed by atoms with Gasteiger partial charge in [-0.25, -0.2) is 0 Å². The average Bonchev–Trinajstić information content (AvgIpc) is 3.39. The summed E-state index contributed by atoms with van der Waals surface area (Å²) in [6.45, 7) is 4.98. The number of carbonyl (C=O) groups excluding carboxylic acids is 2. The Morgan fingerprint density at radius 3 is 0.973 bits per heavy atom. The van der Waals surface area contributed by atoms with Crippen molar-refractivity contribution in [2.24, 2.45) is 0 Å². The van der Waals surface area contributed by atoms with Crippen molar-refractivity contribution in [3.8, 4) is 0 Å². The van der Waals surface area contributed by atoms with E-state index in [9.17, 15) is 19.8 Å². The summed E-state index contributed by atoms with van der Waals surface area (Å²) in [5.41, 5.74) is 0. The molecule has 0 aliphatic carbocycles. The SMILES string of the molecule is CCCCCCCC/C=C\CCCCCCCC(=O)OCCCCCCCCCCCCCCCCCCCCCCCCCCCC(=O)NC(CO)C(O)CCCCCCCCCCCCCCCCCC. The van der Waals surface area contributed by atoms with Crippen LogP contribution in [-0.2, 0) is 14.3 Å². The van der Waals surface area contributed by atoms with Crippen LogP contribution in [0.15, 0.2) is 12.2 Å². The van der Waals surface area contributed by atoms with E-state index in [-0.39, 0.29) is 18.5 Å². The number of amides is 1. The summed E-state index contributed by atoms with van der Waals surface area (Å²) >= 11 is 0. The largest absolute Gasteiger partial charge is 0.466 e.